The van der Waals surface area contributed by atoms with Crippen LogP contribution in [-0.2, 0) is 21.2 Å². The molecular formula is C21H26F3N3O2. The van der Waals surface area contributed by atoms with E-state index in [4.69, 9.17) is 5.73 Å². The molecule has 1 aromatic rings. The Balaban J connectivity index is 1.43. The summed E-state index contributed by atoms with van der Waals surface area (Å²) in [5, 5.41) is 0. The second kappa shape index (κ2) is 7.31. The van der Waals surface area contributed by atoms with Crippen molar-refractivity contribution < 1.29 is 22.8 Å². The summed E-state index contributed by atoms with van der Waals surface area (Å²) >= 11 is 0. The molecule has 0 radical (unpaired) electrons. The first-order valence-electron chi connectivity index (χ1n) is 10.2. The quantitative estimate of drug-likeness (QED) is 0.832. The third-order valence-corrected chi connectivity index (χ3v) is 6.75. The lowest BCUT2D eigenvalue weighted by molar-refractivity contribution is -0.138. The number of nitrogens with two attached hydrogens (primary N) is 1. The molecule has 1 unspecified atom stereocenters. The van der Waals surface area contributed by atoms with E-state index in [0.29, 0.717) is 31.5 Å². The van der Waals surface area contributed by atoms with Gasteiger partial charge in [0.05, 0.1) is 17.0 Å². The van der Waals surface area contributed by atoms with E-state index < -0.39 is 17.2 Å². The van der Waals surface area contributed by atoms with Gasteiger partial charge in [0.15, 0.2) is 0 Å². The number of amides is 2. The Morgan fingerprint density at radius 3 is 2.34 bits per heavy atom. The highest BCUT2D eigenvalue weighted by Gasteiger charge is 2.54. The number of benzene rings is 1. The van der Waals surface area contributed by atoms with Crippen molar-refractivity contribution in [2.45, 2.75) is 62.2 Å². The zero-order chi connectivity index (χ0) is 20.8. The maximum atomic E-state index is 13.2. The van der Waals surface area contributed by atoms with Gasteiger partial charge in [-0.1, -0.05) is 18.2 Å². The van der Waals surface area contributed by atoms with Crippen LogP contribution in [0.3, 0.4) is 0 Å². The van der Waals surface area contributed by atoms with Gasteiger partial charge in [-0.3, -0.25) is 14.5 Å². The number of carbonyl (C=O) groups excluding carboxylic acids is 2. The van der Waals surface area contributed by atoms with Crippen molar-refractivity contribution >= 4 is 11.8 Å². The minimum Gasteiger partial charge on any atom is -0.368 e. The zero-order valence-corrected chi connectivity index (χ0v) is 16.3. The van der Waals surface area contributed by atoms with Crippen LogP contribution in [0.2, 0.25) is 0 Å². The summed E-state index contributed by atoms with van der Waals surface area (Å²) < 4.78 is 39.2. The molecule has 2 heterocycles. The van der Waals surface area contributed by atoms with Crippen molar-refractivity contribution in [3.8, 4) is 0 Å². The molecule has 158 valence electrons. The molecule has 2 saturated heterocycles. The number of piperidine rings is 1. The van der Waals surface area contributed by atoms with Crippen molar-refractivity contribution in [3.63, 3.8) is 0 Å². The molecule has 1 atom stereocenters. The average Bonchev–Trinajstić information content (AvgIpc) is 3.36. The molecule has 2 amide bonds. The van der Waals surface area contributed by atoms with E-state index in [1.807, 2.05) is 0 Å². The summed E-state index contributed by atoms with van der Waals surface area (Å²) in [5.74, 6) is -0.356. The number of carbonyl (C=O) groups is 2. The molecule has 0 spiro atoms. The number of halogens is 3. The second-order valence-electron chi connectivity index (χ2n) is 8.48. The van der Waals surface area contributed by atoms with Gasteiger partial charge in [0.1, 0.15) is 0 Å². The molecule has 4 rings (SSSR count). The lowest BCUT2D eigenvalue weighted by Gasteiger charge is -2.39. The number of rotatable bonds is 4. The minimum atomic E-state index is -4.42. The van der Waals surface area contributed by atoms with Gasteiger partial charge < -0.3 is 10.6 Å². The lowest BCUT2D eigenvalue weighted by Crippen LogP contribution is -2.52. The minimum absolute atomic E-state index is 0.0665. The number of primary amides is 1. The van der Waals surface area contributed by atoms with Crippen LogP contribution in [0.15, 0.2) is 24.3 Å². The molecular weight excluding hydrogens is 383 g/mol. The van der Waals surface area contributed by atoms with Gasteiger partial charge in [0, 0.05) is 19.1 Å². The Hall–Kier alpha value is -2.09. The van der Waals surface area contributed by atoms with Gasteiger partial charge in [-0.25, -0.2) is 0 Å². The van der Waals surface area contributed by atoms with Crippen LogP contribution >= 0.6 is 0 Å². The standard InChI is InChI=1S/C21H26F3N3O2/c22-21(23,24)15-4-1-3-14(13-15)20(8-9-20)19(29)26-11-6-16(7-12-26)27-10-2-5-17(27)18(25)28/h1,3-4,13,16-17H,2,5-12H2,(H2,25,28). The average molecular weight is 409 g/mol. The molecule has 1 aromatic carbocycles. The van der Waals surface area contributed by atoms with Crippen LogP contribution in [0.5, 0.6) is 0 Å². The number of hydrogen-bond donors (Lipinski definition) is 1. The van der Waals surface area contributed by atoms with Crippen LogP contribution in [0.1, 0.15) is 49.7 Å². The topological polar surface area (TPSA) is 66.6 Å². The molecule has 5 nitrogen and oxygen atoms in total. The molecule has 0 bridgehead atoms. The molecule has 8 heteroatoms. The van der Waals surface area contributed by atoms with E-state index in [0.717, 1.165) is 44.4 Å². The van der Waals surface area contributed by atoms with Crippen LogP contribution in [0, 0.1) is 0 Å². The summed E-state index contributed by atoms with van der Waals surface area (Å²) in [4.78, 5) is 28.8. The van der Waals surface area contributed by atoms with E-state index in [-0.39, 0.29) is 23.9 Å². The summed E-state index contributed by atoms with van der Waals surface area (Å²) in [5.41, 5.74) is 4.47. The Bertz CT molecular complexity index is 799. The first-order chi connectivity index (χ1) is 13.7. The molecule has 3 aliphatic rings. The van der Waals surface area contributed by atoms with E-state index in [9.17, 15) is 22.8 Å². The van der Waals surface area contributed by atoms with E-state index in [1.165, 1.54) is 6.07 Å². The molecule has 2 aliphatic heterocycles. The maximum Gasteiger partial charge on any atom is 0.416 e. The Morgan fingerprint density at radius 2 is 1.76 bits per heavy atom. The fourth-order valence-electron chi connectivity index (χ4n) is 4.98. The van der Waals surface area contributed by atoms with Crippen molar-refractivity contribution in [1.82, 2.24) is 9.80 Å². The Morgan fingerprint density at radius 1 is 1.07 bits per heavy atom. The predicted molar refractivity (Wildman–Crippen MR) is 101 cm³/mol. The van der Waals surface area contributed by atoms with Crippen molar-refractivity contribution in [2.75, 3.05) is 19.6 Å². The van der Waals surface area contributed by atoms with Gasteiger partial charge >= 0.3 is 6.18 Å². The number of hydrogen-bond acceptors (Lipinski definition) is 3. The van der Waals surface area contributed by atoms with Crippen LogP contribution in [-0.4, -0.2) is 53.3 Å². The van der Waals surface area contributed by atoms with Crippen molar-refractivity contribution in [2.24, 2.45) is 5.73 Å². The maximum absolute atomic E-state index is 13.2. The monoisotopic (exact) mass is 409 g/mol. The molecule has 3 fully saturated rings. The van der Waals surface area contributed by atoms with Crippen LogP contribution in [0.25, 0.3) is 0 Å². The summed E-state index contributed by atoms with van der Waals surface area (Å²) in [6.07, 6.45) is 0.00694. The number of alkyl halides is 3. The largest absolute Gasteiger partial charge is 0.416 e. The highest BCUT2D eigenvalue weighted by atomic mass is 19.4. The Labute approximate surface area is 168 Å². The lowest BCUT2D eigenvalue weighted by atomic mass is 9.91. The van der Waals surface area contributed by atoms with Crippen molar-refractivity contribution in [3.05, 3.63) is 35.4 Å². The normalized spacial score (nSPS) is 25.2. The van der Waals surface area contributed by atoms with Gasteiger partial charge in [0.2, 0.25) is 11.8 Å². The first-order valence-corrected chi connectivity index (χ1v) is 10.2. The molecule has 2 N–H and O–H groups in total. The van der Waals surface area contributed by atoms with Gasteiger partial charge in [-0.05, 0) is 56.7 Å². The molecule has 1 aliphatic carbocycles. The molecule has 0 aromatic heterocycles. The third-order valence-electron chi connectivity index (χ3n) is 6.75. The van der Waals surface area contributed by atoms with Gasteiger partial charge in [-0.2, -0.15) is 13.2 Å². The van der Waals surface area contributed by atoms with Crippen molar-refractivity contribution in [1.29, 1.82) is 0 Å². The summed E-state index contributed by atoms with van der Waals surface area (Å²) in [7, 11) is 0. The third kappa shape index (κ3) is 3.74. The highest BCUT2D eigenvalue weighted by molar-refractivity contribution is 5.91. The van der Waals surface area contributed by atoms with Crippen LogP contribution < -0.4 is 5.73 Å². The summed E-state index contributed by atoms with van der Waals surface area (Å²) in [6.45, 7) is 1.97. The second-order valence-corrected chi connectivity index (χ2v) is 8.48. The smallest absolute Gasteiger partial charge is 0.368 e. The fourth-order valence-corrected chi connectivity index (χ4v) is 4.98. The SMILES string of the molecule is NC(=O)C1CCCN1C1CCN(C(=O)C2(c3cccc(C(F)(F)F)c3)CC2)CC1. The predicted octanol–water partition coefficient (Wildman–Crippen LogP) is 2.68. The van der Waals surface area contributed by atoms with E-state index >= 15 is 0 Å². The van der Waals surface area contributed by atoms with E-state index in [1.54, 1.807) is 11.0 Å². The van der Waals surface area contributed by atoms with Gasteiger partial charge in [-0.15, -0.1) is 0 Å². The zero-order valence-electron chi connectivity index (χ0n) is 16.3. The van der Waals surface area contributed by atoms with Gasteiger partial charge in [0.25, 0.3) is 0 Å². The first kappa shape index (κ1) is 20.2. The van der Waals surface area contributed by atoms with Crippen LogP contribution in [0.4, 0.5) is 13.2 Å². The summed E-state index contributed by atoms with van der Waals surface area (Å²) in [6, 6.07) is 5.19. The Kier molecular flexibility index (Phi) is 5.09. The number of likely N-dealkylation sites (tertiary alicyclic amines) is 2. The molecule has 1 saturated carbocycles. The molecule has 29 heavy (non-hydrogen) atoms. The highest BCUT2D eigenvalue weighted by Crippen LogP contribution is 2.50. The number of nitrogens with zero attached hydrogens (tertiary/aromatic N) is 2. The fraction of sp³-hybridized carbons (Fsp3) is 0.619. The van der Waals surface area contributed by atoms with E-state index in [2.05, 4.69) is 4.90 Å².